The zero-order valence-corrected chi connectivity index (χ0v) is 14.1. The topological polar surface area (TPSA) is 45.7 Å². The van der Waals surface area contributed by atoms with Crippen LogP contribution in [-0.4, -0.2) is 44.2 Å². The molecule has 1 aromatic carbocycles. The normalized spacial score (nSPS) is 11.3. The summed E-state index contributed by atoms with van der Waals surface area (Å²) in [5.74, 6) is 2.93. The number of hydrogen-bond donors (Lipinski definition) is 2. The van der Waals surface area contributed by atoms with Crippen LogP contribution in [0.1, 0.15) is 18.9 Å². The number of nitrogens with zero attached hydrogens (tertiary/aromatic N) is 1. The quantitative estimate of drug-likeness (QED) is 0.418. The Balaban J connectivity index is 2.24. The predicted octanol–water partition coefficient (Wildman–Crippen LogP) is 2.68. The Morgan fingerprint density at radius 1 is 1.24 bits per heavy atom. The Morgan fingerprint density at radius 3 is 2.67 bits per heavy atom. The van der Waals surface area contributed by atoms with Gasteiger partial charge in [0.1, 0.15) is 12.4 Å². The summed E-state index contributed by atoms with van der Waals surface area (Å²) in [6.07, 6.45) is 3.23. The molecule has 0 saturated heterocycles. The zero-order valence-electron chi connectivity index (χ0n) is 13.3. The SMILES string of the molecule is CCNC(=NCCCSC)NCCOc1ccc(C)cc1. The second-order valence-corrected chi connectivity index (χ2v) is 5.68. The zero-order chi connectivity index (χ0) is 15.3. The summed E-state index contributed by atoms with van der Waals surface area (Å²) >= 11 is 1.86. The van der Waals surface area contributed by atoms with Gasteiger partial charge in [-0.2, -0.15) is 11.8 Å². The molecule has 1 aromatic rings. The monoisotopic (exact) mass is 309 g/mol. The first-order chi connectivity index (χ1) is 10.3. The number of aliphatic imine (C=N–C) groups is 1. The van der Waals surface area contributed by atoms with Gasteiger partial charge in [0, 0.05) is 13.1 Å². The summed E-state index contributed by atoms with van der Waals surface area (Å²) in [7, 11) is 0. The van der Waals surface area contributed by atoms with E-state index in [4.69, 9.17) is 4.74 Å². The lowest BCUT2D eigenvalue weighted by Gasteiger charge is -2.12. The predicted molar refractivity (Wildman–Crippen MR) is 93.7 cm³/mol. The van der Waals surface area contributed by atoms with Crippen LogP contribution in [0.2, 0.25) is 0 Å². The molecule has 0 heterocycles. The molecule has 0 saturated carbocycles. The Bertz CT molecular complexity index is 406. The standard InChI is InChI=1S/C16H27N3OS/c1-4-17-16(18-10-5-13-21-3)19-11-12-20-15-8-6-14(2)7-9-15/h6-9H,4-5,10-13H2,1-3H3,(H2,17,18,19). The van der Waals surface area contributed by atoms with Gasteiger partial charge in [0.25, 0.3) is 0 Å². The van der Waals surface area contributed by atoms with E-state index in [-0.39, 0.29) is 0 Å². The van der Waals surface area contributed by atoms with Crippen LogP contribution in [-0.2, 0) is 0 Å². The maximum Gasteiger partial charge on any atom is 0.191 e. The first kappa shape index (κ1) is 17.7. The van der Waals surface area contributed by atoms with Crippen molar-refractivity contribution in [3.63, 3.8) is 0 Å². The number of aryl methyl sites for hydroxylation is 1. The van der Waals surface area contributed by atoms with Crippen LogP contribution in [0.15, 0.2) is 29.3 Å². The Morgan fingerprint density at radius 2 is 2.00 bits per heavy atom. The average molecular weight is 309 g/mol. The minimum Gasteiger partial charge on any atom is -0.492 e. The van der Waals surface area contributed by atoms with Crippen molar-refractivity contribution in [3.05, 3.63) is 29.8 Å². The van der Waals surface area contributed by atoms with Gasteiger partial charge in [-0.15, -0.1) is 0 Å². The molecule has 0 aliphatic carbocycles. The second kappa shape index (κ2) is 11.3. The van der Waals surface area contributed by atoms with Crippen molar-refractivity contribution in [1.82, 2.24) is 10.6 Å². The van der Waals surface area contributed by atoms with Crippen molar-refractivity contribution < 1.29 is 4.74 Å². The van der Waals surface area contributed by atoms with E-state index >= 15 is 0 Å². The minimum absolute atomic E-state index is 0.623. The van der Waals surface area contributed by atoms with Crippen molar-refractivity contribution in [2.75, 3.05) is 38.2 Å². The highest BCUT2D eigenvalue weighted by Crippen LogP contribution is 2.10. The van der Waals surface area contributed by atoms with Gasteiger partial charge in [0.15, 0.2) is 5.96 Å². The van der Waals surface area contributed by atoms with Crippen LogP contribution in [0.5, 0.6) is 5.75 Å². The van der Waals surface area contributed by atoms with Crippen LogP contribution in [0.3, 0.4) is 0 Å². The van der Waals surface area contributed by atoms with Crippen LogP contribution >= 0.6 is 11.8 Å². The molecule has 4 nitrogen and oxygen atoms in total. The third-order valence-electron chi connectivity index (χ3n) is 2.80. The van der Waals surface area contributed by atoms with Crippen molar-refractivity contribution >= 4 is 17.7 Å². The molecule has 118 valence electrons. The van der Waals surface area contributed by atoms with Gasteiger partial charge in [0.05, 0.1) is 6.54 Å². The van der Waals surface area contributed by atoms with Gasteiger partial charge in [-0.3, -0.25) is 4.99 Å². The third kappa shape index (κ3) is 8.50. The molecule has 0 bridgehead atoms. The summed E-state index contributed by atoms with van der Waals surface area (Å²) in [5.41, 5.74) is 1.24. The van der Waals surface area contributed by atoms with E-state index in [2.05, 4.69) is 47.9 Å². The van der Waals surface area contributed by atoms with Crippen molar-refractivity contribution in [2.45, 2.75) is 20.3 Å². The molecule has 21 heavy (non-hydrogen) atoms. The lowest BCUT2D eigenvalue weighted by Crippen LogP contribution is -2.39. The van der Waals surface area contributed by atoms with E-state index in [0.29, 0.717) is 6.61 Å². The van der Waals surface area contributed by atoms with E-state index in [9.17, 15) is 0 Å². The molecule has 0 atom stereocenters. The molecule has 0 aromatic heterocycles. The fourth-order valence-electron chi connectivity index (χ4n) is 1.71. The number of hydrogen-bond acceptors (Lipinski definition) is 3. The van der Waals surface area contributed by atoms with E-state index in [0.717, 1.165) is 43.5 Å². The number of rotatable bonds is 9. The van der Waals surface area contributed by atoms with E-state index in [1.165, 1.54) is 5.56 Å². The molecule has 2 N–H and O–H groups in total. The molecule has 0 amide bonds. The molecular weight excluding hydrogens is 282 g/mol. The lowest BCUT2D eigenvalue weighted by molar-refractivity contribution is 0.322. The lowest BCUT2D eigenvalue weighted by atomic mass is 10.2. The number of benzene rings is 1. The number of guanidine groups is 1. The summed E-state index contributed by atoms with van der Waals surface area (Å²) in [6, 6.07) is 8.11. The summed E-state index contributed by atoms with van der Waals surface area (Å²) in [6.45, 7) is 7.23. The third-order valence-corrected chi connectivity index (χ3v) is 3.50. The van der Waals surface area contributed by atoms with Gasteiger partial charge in [0.2, 0.25) is 0 Å². The molecule has 0 radical (unpaired) electrons. The number of thioether (sulfide) groups is 1. The number of ether oxygens (including phenoxy) is 1. The maximum absolute atomic E-state index is 5.68. The molecule has 0 spiro atoms. The van der Waals surface area contributed by atoms with Crippen molar-refractivity contribution in [3.8, 4) is 5.75 Å². The Labute approximate surface area is 132 Å². The summed E-state index contributed by atoms with van der Waals surface area (Å²) < 4.78 is 5.68. The highest BCUT2D eigenvalue weighted by Gasteiger charge is 1.97. The molecular formula is C16H27N3OS. The summed E-state index contributed by atoms with van der Waals surface area (Å²) in [5, 5.41) is 6.53. The van der Waals surface area contributed by atoms with Gasteiger partial charge in [-0.25, -0.2) is 0 Å². The van der Waals surface area contributed by atoms with E-state index < -0.39 is 0 Å². The molecule has 0 aliphatic heterocycles. The van der Waals surface area contributed by atoms with E-state index in [1.807, 2.05) is 23.9 Å². The summed E-state index contributed by atoms with van der Waals surface area (Å²) in [4.78, 5) is 4.53. The molecule has 0 fully saturated rings. The van der Waals surface area contributed by atoms with Gasteiger partial charge in [-0.05, 0) is 44.4 Å². The maximum atomic E-state index is 5.68. The first-order valence-electron chi connectivity index (χ1n) is 7.47. The van der Waals surface area contributed by atoms with Crippen LogP contribution in [0, 0.1) is 6.92 Å². The average Bonchev–Trinajstić information content (AvgIpc) is 2.49. The second-order valence-electron chi connectivity index (χ2n) is 4.70. The highest BCUT2D eigenvalue weighted by atomic mass is 32.2. The number of nitrogens with one attached hydrogen (secondary N) is 2. The fraction of sp³-hybridized carbons (Fsp3) is 0.562. The van der Waals surface area contributed by atoms with Crippen LogP contribution in [0.25, 0.3) is 0 Å². The van der Waals surface area contributed by atoms with Gasteiger partial charge < -0.3 is 15.4 Å². The largest absolute Gasteiger partial charge is 0.492 e. The van der Waals surface area contributed by atoms with Crippen LogP contribution < -0.4 is 15.4 Å². The highest BCUT2D eigenvalue weighted by molar-refractivity contribution is 7.98. The molecule has 0 unspecified atom stereocenters. The molecule has 1 rings (SSSR count). The molecule has 5 heteroatoms. The Kier molecular flexibility index (Phi) is 9.53. The van der Waals surface area contributed by atoms with Crippen molar-refractivity contribution in [1.29, 1.82) is 0 Å². The smallest absolute Gasteiger partial charge is 0.191 e. The Hall–Kier alpha value is -1.36. The first-order valence-corrected chi connectivity index (χ1v) is 8.86. The molecule has 0 aliphatic rings. The van der Waals surface area contributed by atoms with Gasteiger partial charge >= 0.3 is 0 Å². The van der Waals surface area contributed by atoms with Gasteiger partial charge in [-0.1, -0.05) is 17.7 Å². The van der Waals surface area contributed by atoms with Crippen LogP contribution in [0.4, 0.5) is 0 Å². The fourth-order valence-corrected chi connectivity index (χ4v) is 2.13. The minimum atomic E-state index is 0.623. The van der Waals surface area contributed by atoms with E-state index in [1.54, 1.807) is 0 Å². The van der Waals surface area contributed by atoms with Crippen molar-refractivity contribution in [2.24, 2.45) is 4.99 Å².